The Hall–Kier alpha value is -6.12. The molecule has 0 radical (unpaired) electrons. The largest absolute Gasteiger partial charge is 0.308 e. The highest BCUT2D eigenvalue weighted by Gasteiger charge is 2.36. The van der Waals surface area contributed by atoms with E-state index in [0.29, 0.717) is 39.1 Å². The van der Waals surface area contributed by atoms with Gasteiger partial charge in [0.05, 0.1) is 51.1 Å². The van der Waals surface area contributed by atoms with Gasteiger partial charge in [-0.05, 0) is 47.5 Å². The summed E-state index contributed by atoms with van der Waals surface area (Å²) < 4.78 is 1.98. The maximum Gasteiger partial charge on any atom is 0.263 e. The van der Waals surface area contributed by atoms with Gasteiger partial charge in [-0.3, -0.25) is 24.5 Å². The van der Waals surface area contributed by atoms with Crippen molar-refractivity contribution in [1.29, 1.82) is 10.5 Å². The molecule has 41 heavy (non-hydrogen) atoms. The number of fused-ring (bicyclic) bond motifs is 4. The fourth-order valence-corrected chi connectivity index (χ4v) is 5.63. The number of amides is 2. The van der Waals surface area contributed by atoms with E-state index in [4.69, 9.17) is 0 Å². The molecule has 8 nitrogen and oxygen atoms in total. The molecule has 0 fully saturated rings. The quantitative estimate of drug-likeness (QED) is 0.264. The minimum atomic E-state index is -0.374. The fourth-order valence-electron chi connectivity index (χ4n) is 5.63. The molecule has 0 saturated heterocycles. The van der Waals surface area contributed by atoms with Gasteiger partial charge in [0.1, 0.15) is 0 Å². The molecule has 0 aliphatic carbocycles. The van der Waals surface area contributed by atoms with Crippen LogP contribution in [0, 0.1) is 22.7 Å². The van der Waals surface area contributed by atoms with Crippen molar-refractivity contribution in [2.75, 3.05) is 7.05 Å². The number of benzene rings is 3. The first kappa shape index (κ1) is 24.0. The van der Waals surface area contributed by atoms with Crippen LogP contribution >= 0.6 is 0 Å². The standard InChI is InChI=1S/C33H18N6O2/c1-38-32(40)25-3-2-4-28(31(25)33(38)41)39-29-13-19(26-17-36-11-9-21(26)15-34)5-7-23(29)24-8-6-20(14-30(24)39)27-18-37-12-10-22(27)16-35/h2-14,17-18H,1H3. The topological polar surface area (TPSA) is 116 Å². The number of hydrogen-bond acceptors (Lipinski definition) is 6. The minimum Gasteiger partial charge on any atom is -0.308 e. The number of nitriles is 2. The molecule has 6 aromatic rings. The van der Waals surface area contributed by atoms with E-state index in [1.807, 2.05) is 47.0 Å². The van der Waals surface area contributed by atoms with Crippen molar-refractivity contribution in [3.05, 3.63) is 114 Å². The van der Waals surface area contributed by atoms with Crippen LogP contribution in [-0.4, -0.2) is 38.3 Å². The molecule has 2 amide bonds. The number of carbonyl (C=O) groups excluding carboxylic acids is 2. The van der Waals surface area contributed by atoms with E-state index in [-0.39, 0.29) is 11.8 Å². The van der Waals surface area contributed by atoms with Crippen molar-refractivity contribution in [2.45, 2.75) is 0 Å². The monoisotopic (exact) mass is 530 g/mol. The van der Waals surface area contributed by atoms with Crippen LogP contribution in [-0.2, 0) is 0 Å². The number of nitrogens with zero attached hydrogens (tertiary/aromatic N) is 6. The molecule has 0 saturated carbocycles. The van der Waals surface area contributed by atoms with Crippen LogP contribution in [0.3, 0.4) is 0 Å². The van der Waals surface area contributed by atoms with Crippen LogP contribution in [0.5, 0.6) is 0 Å². The smallest absolute Gasteiger partial charge is 0.263 e. The Bertz CT molecular complexity index is 2080. The Morgan fingerprint density at radius 3 is 1.78 bits per heavy atom. The second kappa shape index (κ2) is 8.98. The number of hydrogen-bond donors (Lipinski definition) is 0. The zero-order chi connectivity index (χ0) is 28.2. The summed E-state index contributed by atoms with van der Waals surface area (Å²) in [6.07, 6.45) is 6.49. The highest BCUT2D eigenvalue weighted by molar-refractivity contribution is 6.23. The lowest BCUT2D eigenvalue weighted by Crippen LogP contribution is -2.24. The summed E-state index contributed by atoms with van der Waals surface area (Å²) in [7, 11) is 1.48. The molecule has 192 valence electrons. The maximum atomic E-state index is 13.3. The summed E-state index contributed by atoms with van der Waals surface area (Å²) in [5, 5.41) is 21.3. The molecule has 4 heterocycles. The van der Waals surface area contributed by atoms with Crippen molar-refractivity contribution in [3.8, 4) is 40.1 Å². The number of imide groups is 1. The molecule has 8 heteroatoms. The predicted octanol–water partition coefficient (Wildman–Crippen LogP) is 5.88. The molecule has 0 spiro atoms. The molecule has 0 N–H and O–H groups in total. The second-order valence-electron chi connectivity index (χ2n) is 9.73. The number of pyridine rings is 2. The average Bonchev–Trinajstić information content (AvgIpc) is 3.46. The van der Waals surface area contributed by atoms with E-state index in [1.165, 1.54) is 7.05 Å². The summed E-state index contributed by atoms with van der Waals surface area (Å²) in [5.74, 6) is -0.724. The van der Waals surface area contributed by atoms with Crippen molar-refractivity contribution in [2.24, 2.45) is 0 Å². The fraction of sp³-hybridized carbons (Fsp3) is 0.0303. The van der Waals surface area contributed by atoms with Gasteiger partial charge in [0.2, 0.25) is 0 Å². The molecule has 7 rings (SSSR count). The van der Waals surface area contributed by atoms with E-state index in [1.54, 1.807) is 49.1 Å². The van der Waals surface area contributed by atoms with E-state index >= 15 is 0 Å². The molecule has 3 aromatic heterocycles. The Kier molecular flexibility index (Phi) is 5.24. The van der Waals surface area contributed by atoms with Gasteiger partial charge in [-0.2, -0.15) is 10.5 Å². The van der Waals surface area contributed by atoms with Crippen LogP contribution in [0.25, 0.3) is 49.7 Å². The predicted molar refractivity (Wildman–Crippen MR) is 153 cm³/mol. The molecular weight excluding hydrogens is 512 g/mol. The van der Waals surface area contributed by atoms with Crippen molar-refractivity contribution >= 4 is 33.6 Å². The Balaban J connectivity index is 1.60. The Morgan fingerprint density at radius 1 is 0.683 bits per heavy atom. The van der Waals surface area contributed by atoms with Gasteiger partial charge in [-0.15, -0.1) is 0 Å². The van der Waals surface area contributed by atoms with E-state index in [2.05, 4.69) is 22.1 Å². The van der Waals surface area contributed by atoms with Crippen molar-refractivity contribution < 1.29 is 9.59 Å². The maximum absolute atomic E-state index is 13.3. The molecule has 0 bridgehead atoms. The zero-order valence-electron chi connectivity index (χ0n) is 21.7. The van der Waals surface area contributed by atoms with Crippen molar-refractivity contribution in [1.82, 2.24) is 19.4 Å². The average molecular weight is 531 g/mol. The van der Waals surface area contributed by atoms with Gasteiger partial charge >= 0.3 is 0 Å². The Labute approximate surface area is 234 Å². The molecule has 1 aliphatic heterocycles. The zero-order valence-corrected chi connectivity index (χ0v) is 21.7. The summed E-state index contributed by atoms with van der Waals surface area (Å²) in [4.78, 5) is 35.8. The van der Waals surface area contributed by atoms with Gasteiger partial charge in [-0.25, -0.2) is 0 Å². The van der Waals surface area contributed by atoms with Crippen LogP contribution in [0.2, 0.25) is 0 Å². The summed E-state index contributed by atoms with van der Waals surface area (Å²) in [6, 6.07) is 24.9. The minimum absolute atomic E-state index is 0.327. The first-order chi connectivity index (χ1) is 20.0. The lowest BCUT2D eigenvalue weighted by molar-refractivity contribution is 0.0693. The van der Waals surface area contributed by atoms with Crippen LogP contribution < -0.4 is 0 Å². The van der Waals surface area contributed by atoms with Crippen LogP contribution in [0.15, 0.2) is 91.5 Å². The Morgan fingerprint density at radius 2 is 1.24 bits per heavy atom. The summed E-state index contributed by atoms with van der Waals surface area (Å²) >= 11 is 0. The van der Waals surface area contributed by atoms with Gasteiger partial charge < -0.3 is 4.57 Å². The third kappa shape index (κ3) is 3.45. The molecule has 1 aliphatic rings. The highest BCUT2D eigenvalue weighted by Crippen LogP contribution is 2.39. The highest BCUT2D eigenvalue weighted by atomic mass is 16.2. The molecular formula is C33H18N6O2. The number of carbonyl (C=O) groups is 2. The third-order valence-corrected chi connectivity index (χ3v) is 7.61. The number of aromatic nitrogens is 3. The normalized spacial score (nSPS) is 12.5. The first-order valence-corrected chi connectivity index (χ1v) is 12.7. The molecule has 0 unspecified atom stereocenters. The van der Waals surface area contributed by atoms with E-state index in [9.17, 15) is 20.1 Å². The lowest BCUT2D eigenvalue weighted by Gasteiger charge is -2.13. The van der Waals surface area contributed by atoms with Gasteiger partial charge in [0.15, 0.2) is 0 Å². The third-order valence-electron chi connectivity index (χ3n) is 7.61. The first-order valence-electron chi connectivity index (χ1n) is 12.7. The van der Waals surface area contributed by atoms with Gasteiger partial charge in [-0.1, -0.05) is 30.3 Å². The summed E-state index contributed by atoms with van der Waals surface area (Å²) in [6.45, 7) is 0. The SMILES string of the molecule is CN1C(=O)c2cccc(-n3c4cc(-c5cnccc5C#N)ccc4c4ccc(-c5cnccc5C#N)cc43)c2C1=O. The van der Waals surface area contributed by atoms with Gasteiger partial charge in [0, 0.05) is 53.7 Å². The summed E-state index contributed by atoms with van der Waals surface area (Å²) in [5.41, 5.74) is 6.76. The van der Waals surface area contributed by atoms with Crippen molar-refractivity contribution in [3.63, 3.8) is 0 Å². The van der Waals surface area contributed by atoms with Crippen LogP contribution in [0.1, 0.15) is 31.8 Å². The van der Waals surface area contributed by atoms with Crippen LogP contribution in [0.4, 0.5) is 0 Å². The van der Waals surface area contributed by atoms with E-state index in [0.717, 1.165) is 37.8 Å². The lowest BCUT2D eigenvalue weighted by atomic mass is 9.99. The molecule has 3 aromatic carbocycles. The van der Waals surface area contributed by atoms with Gasteiger partial charge in [0.25, 0.3) is 11.8 Å². The molecule has 0 atom stereocenters. The number of rotatable bonds is 3. The van der Waals surface area contributed by atoms with E-state index < -0.39 is 0 Å². The second-order valence-corrected chi connectivity index (χ2v) is 9.73.